The number of nitrogens with one attached hydrogen (secondary N) is 1. The van der Waals surface area contributed by atoms with Gasteiger partial charge >= 0.3 is 0 Å². The van der Waals surface area contributed by atoms with E-state index in [9.17, 15) is 0 Å². The highest BCUT2D eigenvalue weighted by Gasteiger charge is 2.27. The molecule has 2 unspecified atom stereocenters. The summed E-state index contributed by atoms with van der Waals surface area (Å²) in [5, 5.41) is 3.50. The van der Waals surface area contributed by atoms with Gasteiger partial charge in [0.1, 0.15) is 0 Å². The first kappa shape index (κ1) is 12.6. The summed E-state index contributed by atoms with van der Waals surface area (Å²) in [6.45, 7) is 2.36. The molecule has 2 heterocycles. The zero-order valence-electron chi connectivity index (χ0n) is 10.3. The summed E-state index contributed by atoms with van der Waals surface area (Å²) in [4.78, 5) is 0. The van der Waals surface area contributed by atoms with Crippen molar-refractivity contribution >= 4 is 15.9 Å². The standard InChI is InChI=1S/C14H18BrNO2/c15-12-5-4-10-8-17-14(18-9-11(10)7-12)13-3-1-2-6-16-13/h4-5,7,13-14,16H,1-3,6,8-9H2. The van der Waals surface area contributed by atoms with E-state index in [-0.39, 0.29) is 6.29 Å². The van der Waals surface area contributed by atoms with Crippen LogP contribution in [0.5, 0.6) is 0 Å². The second-order valence-corrected chi connectivity index (χ2v) is 5.88. The van der Waals surface area contributed by atoms with Gasteiger partial charge in [-0.1, -0.05) is 28.4 Å². The van der Waals surface area contributed by atoms with Crippen molar-refractivity contribution in [1.29, 1.82) is 0 Å². The highest BCUT2D eigenvalue weighted by atomic mass is 79.9. The smallest absolute Gasteiger partial charge is 0.173 e. The Hall–Kier alpha value is -0.420. The Bertz CT molecular complexity index is 418. The fourth-order valence-corrected chi connectivity index (χ4v) is 3.01. The fourth-order valence-electron chi connectivity index (χ4n) is 2.60. The van der Waals surface area contributed by atoms with Gasteiger partial charge in [-0.15, -0.1) is 0 Å². The summed E-state index contributed by atoms with van der Waals surface area (Å²) in [5.41, 5.74) is 2.46. The molecule has 2 aliphatic rings. The second-order valence-electron chi connectivity index (χ2n) is 4.96. The third-order valence-electron chi connectivity index (χ3n) is 3.65. The first-order chi connectivity index (χ1) is 8.83. The van der Waals surface area contributed by atoms with Gasteiger partial charge in [-0.05, 0) is 42.6 Å². The van der Waals surface area contributed by atoms with Crippen LogP contribution in [0, 0.1) is 0 Å². The fraction of sp³-hybridized carbons (Fsp3) is 0.571. The van der Waals surface area contributed by atoms with E-state index in [1.807, 2.05) is 0 Å². The van der Waals surface area contributed by atoms with Crippen molar-refractivity contribution in [2.75, 3.05) is 6.54 Å². The molecule has 98 valence electrons. The van der Waals surface area contributed by atoms with E-state index in [1.54, 1.807) is 0 Å². The molecule has 4 heteroatoms. The monoisotopic (exact) mass is 311 g/mol. The Morgan fingerprint density at radius 2 is 1.94 bits per heavy atom. The maximum atomic E-state index is 5.92. The Labute approximate surface area is 116 Å². The number of rotatable bonds is 1. The van der Waals surface area contributed by atoms with E-state index in [0.29, 0.717) is 19.3 Å². The number of hydrogen-bond donors (Lipinski definition) is 1. The lowest BCUT2D eigenvalue weighted by atomic mass is 10.0. The highest BCUT2D eigenvalue weighted by molar-refractivity contribution is 9.10. The number of hydrogen-bond acceptors (Lipinski definition) is 3. The quantitative estimate of drug-likeness (QED) is 0.865. The maximum Gasteiger partial charge on any atom is 0.173 e. The third-order valence-corrected chi connectivity index (χ3v) is 4.14. The lowest BCUT2D eigenvalue weighted by molar-refractivity contribution is -0.168. The largest absolute Gasteiger partial charge is 0.346 e. The predicted molar refractivity (Wildman–Crippen MR) is 73.1 cm³/mol. The molecule has 2 atom stereocenters. The normalized spacial score (nSPS) is 28.5. The van der Waals surface area contributed by atoms with Gasteiger partial charge in [-0.3, -0.25) is 0 Å². The van der Waals surface area contributed by atoms with Gasteiger partial charge in [0, 0.05) is 4.47 Å². The lowest BCUT2D eigenvalue weighted by Crippen LogP contribution is -2.45. The molecule has 2 aliphatic heterocycles. The van der Waals surface area contributed by atoms with E-state index in [4.69, 9.17) is 9.47 Å². The highest BCUT2D eigenvalue weighted by Crippen LogP contribution is 2.25. The first-order valence-electron chi connectivity index (χ1n) is 6.57. The molecule has 3 nitrogen and oxygen atoms in total. The Morgan fingerprint density at radius 1 is 1.11 bits per heavy atom. The summed E-state index contributed by atoms with van der Waals surface area (Å²) in [6.07, 6.45) is 3.55. The Kier molecular flexibility index (Phi) is 3.99. The molecule has 1 saturated heterocycles. The van der Waals surface area contributed by atoms with Crippen LogP contribution in [0.1, 0.15) is 30.4 Å². The van der Waals surface area contributed by atoms with Crippen LogP contribution in [0.3, 0.4) is 0 Å². The van der Waals surface area contributed by atoms with Gasteiger partial charge in [-0.25, -0.2) is 0 Å². The molecule has 1 aromatic rings. The van der Waals surface area contributed by atoms with Gasteiger partial charge in [0.05, 0.1) is 19.3 Å². The molecular formula is C14H18BrNO2. The van der Waals surface area contributed by atoms with Crippen molar-refractivity contribution in [2.24, 2.45) is 0 Å². The van der Waals surface area contributed by atoms with Crippen molar-refractivity contribution in [3.63, 3.8) is 0 Å². The van der Waals surface area contributed by atoms with Crippen molar-refractivity contribution in [2.45, 2.75) is 44.8 Å². The summed E-state index contributed by atoms with van der Waals surface area (Å²) in [5.74, 6) is 0. The van der Waals surface area contributed by atoms with E-state index >= 15 is 0 Å². The molecule has 0 bridgehead atoms. The van der Waals surface area contributed by atoms with Gasteiger partial charge < -0.3 is 14.8 Å². The maximum absolute atomic E-state index is 5.92. The number of benzene rings is 1. The molecule has 0 amide bonds. The molecule has 0 saturated carbocycles. The van der Waals surface area contributed by atoms with Crippen LogP contribution in [0.4, 0.5) is 0 Å². The van der Waals surface area contributed by atoms with Crippen LogP contribution < -0.4 is 5.32 Å². The average molecular weight is 312 g/mol. The third kappa shape index (κ3) is 2.77. The summed E-state index contributed by atoms with van der Waals surface area (Å²) >= 11 is 3.50. The number of piperidine rings is 1. The van der Waals surface area contributed by atoms with Crippen LogP contribution in [-0.4, -0.2) is 18.9 Å². The summed E-state index contributed by atoms with van der Waals surface area (Å²) < 4.78 is 12.9. The van der Waals surface area contributed by atoms with Crippen LogP contribution >= 0.6 is 15.9 Å². The van der Waals surface area contributed by atoms with Crippen molar-refractivity contribution in [3.8, 4) is 0 Å². The first-order valence-corrected chi connectivity index (χ1v) is 7.36. The molecule has 1 N–H and O–H groups in total. The van der Waals surface area contributed by atoms with Crippen molar-refractivity contribution in [1.82, 2.24) is 5.32 Å². The van der Waals surface area contributed by atoms with Crippen molar-refractivity contribution in [3.05, 3.63) is 33.8 Å². The Balaban J connectivity index is 1.70. The molecule has 0 radical (unpaired) electrons. The zero-order valence-corrected chi connectivity index (χ0v) is 11.9. The number of ether oxygens (including phenoxy) is 2. The van der Waals surface area contributed by atoms with Crippen LogP contribution in [0.15, 0.2) is 22.7 Å². The molecule has 0 spiro atoms. The molecule has 18 heavy (non-hydrogen) atoms. The van der Waals surface area contributed by atoms with E-state index in [0.717, 1.165) is 17.4 Å². The number of fused-ring (bicyclic) bond motifs is 1. The molecule has 1 fully saturated rings. The van der Waals surface area contributed by atoms with Crippen LogP contribution in [0.2, 0.25) is 0 Å². The van der Waals surface area contributed by atoms with Crippen LogP contribution in [0.25, 0.3) is 0 Å². The zero-order chi connectivity index (χ0) is 12.4. The molecule has 0 aliphatic carbocycles. The topological polar surface area (TPSA) is 30.5 Å². The minimum absolute atomic E-state index is 0.114. The molecule has 0 aromatic heterocycles. The van der Waals surface area contributed by atoms with Crippen molar-refractivity contribution < 1.29 is 9.47 Å². The van der Waals surface area contributed by atoms with Gasteiger partial charge in [0.15, 0.2) is 6.29 Å². The van der Waals surface area contributed by atoms with E-state index in [2.05, 4.69) is 39.4 Å². The van der Waals surface area contributed by atoms with Gasteiger partial charge in [0.25, 0.3) is 0 Å². The minimum atomic E-state index is -0.114. The predicted octanol–water partition coefficient (Wildman–Crippen LogP) is 2.96. The van der Waals surface area contributed by atoms with Gasteiger partial charge in [-0.2, -0.15) is 0 Å². The van der Waals surface area contributed by atoms with Gasteiger partial charge in [0.2, 0.25) is 0 Å². The number of halogens is 1. The summed E-state index contributed by atoms with van der Waals surface area (Å²) in [6, 6.07) is 6.63. The molecular weight excluding hydrogens is 294 g/mol. The Morgan fingerprint density at radius 3 is 2.72 bits per heavy atom. The van der Waals surface area contributed by atoms with E-state index < -0.39 is 0 Å². The molecule has 3 rings (SSSR count). The molecule has 1 aromatic carbocycles. The van der Waals surface area contributed by atoms with Crippen LogP contribution in [-0.2, 0) is 22.7 Å². The SMILES string of the molecule is Brc1ccc2c(c1)COC(C1CCCCN1)OC2. The second kappa shape index (κ2) is 5.70. The lowest BCUT2D eigenvalue weighted by Gasteiger charge is -2.29. The van der Waals surface area contributed by atoms with E-state index in [1.165, 1.54) is 24.0 Å². The minimum Gasteiger partial charge on any atom is -0.346 e. The average Bonchev–Trinajstić information content (AvgIpc) is 2.62. The summed E-state index contributed by atoms with van der Waals surface area (Å²) in [7, 11) is 0.